The number of fused-ring (bicyclic) bond motifs is 1. The summed E-state index contributed by atoms with van der Waals surface area (Å²) in [4.78, 5) is 18.6. The lowest BCUT2D eigenvalue weighted by molar-refractivity contribution is 0.0205. The molecular weight excluding hydrogens is 396 g/mol. The van der Waals surface area contributed by atoms with Gasteiger partial charge in [-0.1, -0.05) is 0 Å². The quantitative estimate of drug-likeness (QED) is 0.666. The van der Waals surface area contributed by atoms with Gasteiger partial charge in [0.15, 0.2) is 5.82 Å². The van der Waals surface area contributed by atoms with E-state index >= 15 is 0 Å². The van der Waals surface area contributed by atoms with Gasteiger partial charge in [-0.25, -0.2) is 4.68 Å². The smallest absolute Gasteiger partial charge is 0.253 e. The number of tetrazole rings is 1. The van der Waals surface area contributed by atoms with Crippen molar-refractivity contribution in [1.82, 2.24) is 30.1 Å². The van der Waals surface area contributed by atoms with Gasteiger partial charge < -0.3 is 14.5 Å². The molecule has 0 spiro atoms. The summed E-state index contributed by atoms with van der Waals surface area (Å²) in [5, 5.41) is 13.6. The summed E-state index contributed by atoms with van der Waals surface area (Å²) in [6, 6.07) is 5.79. The molecule has 0 bridgehead atoms. The van der Waals surface area contributed by atoms with E-state index in [1.54, 1.807) is 4.68 Å². The highest BCUT2D eigenvalue weighted by Gasteiger charge is 2.32. The first-order chi connectivity index (χ1) is 15.1. The van der Waals surface area contributed by atoms with Gasteiger partial charge >= 0.3 is 0 Å². The normalized spacial score (nSPS) is 21.0. The minimum atomic E-state index is -0.352. The fraction of sp³-hybridized carbons (Fsp3) is 0.545. The standard InChI is InChI=1S/C22H28N6O3/c1-14-10-16-12-18(22(29)23-19(16)11-15(14)2)20(27-5-8-30-9-6-27)21-24-25-26-28(21)13-17-4-3-7-31-17/h10-12,17,20H,3-9,13H2,1-2H3,(H,23,29)/t17-,20-/m0/s1. The van der Waals surface area contributed by atoms with Gasteiger partial charge in [-0.15, -0.1) is 5.10 Å². The van der Waals surface area contributed by atoms with Crippen LogP contribution in [0.2, 0.25) is 0 Å². The van der Waals surface area contributed by atoms with Crippen LogP contribution in [0.1, 0.15) is 41.4 Å². The third kappa shape index (κ3) is 4.00. The molecule has 2 atom stereocenters. The first kappa shape index (κ1) is 20.3. The second kappa shape index (κ2) is 8.49. The second-order valence-corrected chi connectivity index (χ2v) is 8.48. The van der Waals surface area contributed by atoms with E-state index in [-0.39, 0.29) is 17.7 Å². The average Bonchev–Trinajstić information content (AvgIpc) is 3.44. The molecule has 2 aliphatic heterocycles. The van der Waals surface area contributed by atoms with Crippen molar-refractivity contribution in [1.29, 1.82) is 0 Å². The summed E-state index contributed by atoms with van der Waals surface area (Å²) in [5.41, 5.74) is 3.73. The SMILES string of the molecule is Cc1cc2cc([C@@H](c3nnnn3C[C@@H]3CCCO3)N3CCOCC3)c(=O)[nH]c2cc1C. The number of nitrogens with one attached hydrogen (secondary N) is 1. The Bertz CT molecular complexity index is 1130. The Balaban J connectivity index is 1.61. The number of nitrogens with zero attached hydrogens (tertiary/aromatic N) is 5. The van der Waals surface area contributed by atoms with Crippen LogP contribution >= 0.6 is 0 Å². The summed E-state index contributed by atoms with van der Waals surface area (Å²) >= 11 is 0. The fourth-order valence-electron chi connectivity index (χ4n) is 4.55. The molecule has 9 nitrogen and oxygen atoms in total. The van der Waals surface area contributed by atoms with E-state index in [0.717, 1.165) is 35.9 Å². The molecule has 5 rings (SSSR count). The fourth-order valence-corrected chi connectivity index (χ4v) is 4.55. The van der Waals surface area contributed by atoms with Crippen LogP contribution in [0.4, 0.5) is 0 Å². The Morgan fingerprint density at radius 3 is 2.74 bits per heavy atom. The van der Waals surface area contributed by atoms with Gasteiger partial charge in [-0.2, -0.15) is 0 Å². The summed E-state index contributed by atoms with van der Waals surface area (Å²) in [6.07, 6.45) is 2.16. The first-order valence-corrected chi connectivity index (χ1v) is 10.9. The molecule has 2 fully saturated rings. The van der Waals surface area contributed by atoms with Gasteiger partial charge in [0, 0.05) is 30.8 Å². The molecule has 0 amide bonds. The molecular formula is C22H28N6O3. The highest BCUT2D eigenvalue weighted by Crippen LogP contribution is 2.28. The molecule has 164 valence electrons. The number of aryl methyl sites for hydroxylation is 2. The third-order valence-electron chi connectivity index (χ3n) is 6.40. The number of pyridine rings is 1. The van der Waals surface area contributed by atoms with Crippen LogP contribution in [0, 0.1) is 13.8 Å². The molecule has 2 aromatic heterocycles. The second-order valence-electron chi connectivity index (χ2n) is 8.48. The van der Waals surface area contributed by atoms with E-state index in [1.165, 1.54) is 5.56 Å². The summed E-state index contributed by atoms with van der Waals surface area (Å²) < 4.78 is 13.2. The van der Waals surface area contributed by atoms with Crippen molar-refractivity contribution in [2.75, 3.05) is 32.9 Å². The zero-order valence-corrected chi connectivity index (χ0v) is 18.0. The number of aromatic amines is 1. The van der Waals surface area contributed by atoms with Gasteiger partial charge in [0.25, 0.3) is 5.56 Å². The molecule has 4 heterocycles. The van der Waals surface area contributed by atoms with Crippen molar-refractivity contribution in [3.8, 4) is 0 Å². The molecule has 1 N–H and O–H groups in total. The molecule has 9 heteroatoms. The highest BCUT2D eigenvalue weighted by atomic mass is 16.5. The van der Waals surface area contributed by atoms with Crippen molar-refractivity contribution < 1.29 is 9.47 Å². The molecule has 0 aliphatic carbocycles. The lowest BCUT2D eigenvalue weighted by Gasteiger charge is -2.33. The number of benzene rings is 1. The maximum Gasteiger partial charge on any atom is 0.253 e. The van der Waals surface area contributed by atoms with Crippen LogP contribution in [0.3, 0.4) is 0 Å². The van der Waals surface area contributed by atoms with E-state index < -0.39 is 0 Å². The third-order valence-corrected chi connectivity index (χ3v) is 6.40. The summed E-state index contributed by atoms with van der Waals surface area (Å²) in [6.45, 7) is 8.16. The lowest BCUT2D eigenvalue weighted by atomic mass is 10.0. The molecule has 0 radical (unpaired) electrons. The molecule has 2 aliphatic rings. The first-order valence-electron chi connectivity index (χ1n) is 10.9. The zero-order chi connectivity index (χ0) is 21.4. The zero-order valence-electron chi connectivity index (χ0n) is 18.0. The number of hydrogen-bond donors (Lipinski definition) is 1. The molecule has 31 heavy (non-hydrogen) atoms. The van der Waals surface area contributed by atoms with Crippen molar-refractivity contribution in [2.24, 2.45) is 0 Å². The van der Waals surface area contributed by atoms with E-state index in [4.69, 9.17) is 9.47 Å². The minimum Gasteiger partial charge on any atom is -0.379 e. The van der Waals surface area contributed by atoms with Crippen LogP contribution in [0.15, 0.2) is 23.0 Å². The topological polar surface area (TPSA) is 98.2 Å². The van der Waals surface area contributed by atoms with Gasteiger partial charge in [-0.3, -0.25) is 9.69 Å². The van der Waals surface area contributed by atoms with Gasteiger partial charge in [-0.05, 0) is 71.8 Å². The van der Waals surface area contributed by atoms with Gasteiger partial charge in [0.1, 0.15) is 6.04 Å². The highest BCUT2D eigenvalue weighted by molar-refractivity contribution is 5.81. The molecule has 0 unspecified atom stereocenters. The number of H-pyrrole nitrogens is 1. The number of hydrogen-bond acceptors (Lipinski definition) is 7. The van der Waals surface area contributed by atoms with Gasteiger partial charge in [0.2, 0.25) is 0 Å². The maximum absolute atomic E-state index is 13.2. The average molecular weight is 425 g/mol. The van der Waals surface area contributed by atoms with E-state index in [1.807, 2.05) is 12.1 Å². The monoisotopic (exact) mass is 424 g/mol. The molecule has 2 saturated heterocycles. The molecule has 3 aromatic rings. The van der Waals surface area contributed by atoms with Crippen molar-refractivity contribution in [3.63, 3.8) is 0 Å². The van der Waals surface area contributed by atoms with Crippen molar-refractivity contribution in [2.45, 2.75) is 45.4 Å². The summed E-state index contributed by atoms with van der Waals surface area (Å²) in [5.74, 6) is 0.672. The summed E-state index contributed by atoms with van der Waals surface area (Å²) in [7, 11) is 0. The Labute approximate surface area is 180 Å². The minimum absolute atomic E-state index is 0.105. The van der Waals surface area contributed by atoms with Crippen LogP contribution in [-0.4, -0.2) is 69.1 Å². The van der Waals surface area contributed by atoms with E-state index in [9.17, 15) is 4.79 Å². The Kier molecular flexibility index (Phi) is 5.56. The maximum atomic E-state index is 13.2. The predicted molar refractivity (Wildman–Crippen MR) is 115 cm³/mol. The Morgan fingerprint density at radius 1 is 1.16 bits per heavy atom. The predicted octanol–water partition coefficient (Wildman–Crippen LogP) is 1.73. The number of morpholine rings is 1. The van der Waals surface area contributed by atoms with Crippen LogP contribution in [-0.2, 0) is 16.0 Å². The largest absolute Gasteiger partial charge is 0.379 e. The molecule has 0 saturated carbocycles. The Hall–Kier alpha value is -2.62. The van der Waals surface area contributed by atoms with E-state index in [0.29, 0.717) is 44.2 Å². The van der Waals surface area contributed by atoms with Crippen LogP contribution in [0.5, 0.6) is 0 Å². The lowest BCUT2D eigenvalue weighted by Crippen LogP contribution is -2.42. The van der Waals surface area contributed by atoms with E-state index in [2.05, 4.69) is 45.3 Å². The van der Waals surface area contributed by atoms with Crippen LogP contribution in [0.25, 0.3) is 10.9 Å². The van der Waals surface area contributed by atoms with Crippen LogP contribution < -0.4 is 5.56 Å². The number of aromatic nitrogens is 5. The Morgan fingerprint density at radius 2 is 1.97 bits per heavy atom. The number of ether oxygens (including phenoxy) is 2. The van der Waals surface area contributed by atoms with Crippen molar-refractivity contribution >= 4 is 10.9 Å². The van der Waals surface area contributed by atoms with Crippen molar-refractivity contribution in [3.05, 3.63) is 51.1 Å². The van der Waals surface area contributed by atoms with Gasteiger partial charge in [0.05, 0.1) is 25.9 Å². The molecule has 1 aromatic carbocycles. The number of rotatable bonds is 5.